The first-order valence-corrected chi connectivity index (χ1v) is 7.97. The molecule has 0 saturated carbocycles. The van der Waals surface area contributed by atoms with E-state index >= 15 is 0 Å². The predicted octanol–water partition coefficient (Wildman–Crippen LogP) is 1.55. The summed E-state index contributed by atoms with van der Waals surface area (Å²) in [6, 6.07) is 9.46. The van der Waals surface area contributed by atoms with Crippen LogP contribution in [0.1, 0.15) is 24.8 Å². The summed E-state index contributed by atoms with van der Waals surface area (Å²) in [4.78, 5) is 6.05. The summed E-state index contributed by atoms with van der Waals surface area (Å²) in [5.41, 5.74) is 2.58. The molecule has 3 rings (SSSR count). The Kier molecular flexibility index (Phi) is 5.05. The molecule has 0 amide bonds. The van der Waals surface area contributed by atoms with E-state index in [1.807, 2.05) is 12.1 Å². The molecule has 1 saturated heterocycles. The number of hydrogen-bond acceptors (Lipinski definition) is 4. The van der Waals surface area contributed by atoms with Gasteiger partial charge < -0.3 is 10.0 Å². The van der Waals surface area contributed by atoms with Gasteiger partial charge in [-0.2, -0.15) is 4.39 Å². The summed E-state index contributed by atoms with van der Waals surface area (Å²) in [5.74, 6) is -0.856. The van der Waals surface area contributed by atoms with E-state index in [0.29, 0.717) is 5.56 Å². The summed E-state index contributed by atoms with van der Waals surface area (Å²) in [6.45, 7) is 3.26. The Hall–Kier alpha value is -1.76. The second-order valence-electron chi connectivity index (χ2n) is 6.01. The minimum absolute atomic E-state index is 0.208. The normalized spacial score (nSPS) is 15.6. The molecule has 2 aromatic rings. The summed E-state index contributed by atoms with van der Waals surface area (Å²) in [7, 11) is -1.86. The number of benzene rings is 1. The molecule has 4 nitrogen and oxygen atoms in total. The molecule has 1 fully saturated rings. The highest BCUT2D eigenvalue weighted by atomic mass is 19.1. The first-order valence-electron chi connectivity index (χ1n) is 7.97. The average molecular weight is 314 g/mol. The highest BCUT2D eigenvalue weighted by molar-refractivity contribution is 6.58. The Morgan fingerprint density at radius 3 is 2.39 bits per heavy atom. The molecule has 0 bridgehead atoms. The van der Waals surface area contributed by atoms with Crippen LogP contribution in [0.2, 0.25) is 0 Å². The number of pyridine rings is 1. The molecule has 120 valence electrons. The third-order valence-corrected chi connectivity index (χ3v) is 4.29. The second kappa shape index (κ2) is 7.21. The van der Waals surface area contributed by atoms with Crippen molar-refractivity contribution in [3.05, 3.63) is 48.0 Å². The predicted molar refractivity (Wildman–Crippen MR) is 88.6 cm³/mol. The maximum absolute atomic E-state index is 13.4. The van der Waals surface area contributed by atoms with Gasteiger partial charge in [-0.25, -0.2) is 4.98 Å². The molecule has 0 spiro atoms. The topological polar surface area (TPSA) is 56.6 Å². The maximum atomic E-state index is 13.4. The van der Waals surface area contributed by atoms with Crippen LogP contribution < -0.4 is 5.46 Å². The molecule has 1 aromatic heterocycles. The molecule has 23 heavy (non-hydrogen) atoms. The van der Waals surface area contributed by atoms with Crippen LogP contribution in [0.3, 0.4) is 0 Å². The monoisotopic (exact) mass is 314 g/mol. The molecule has 0 aliphatic carbocycles. The van der Waals surface area contributed by atoms with Crippen molar-refractivity contribution >= 4 is 12.6 Å². The van der Waals surface area contributed by atoms with E-state index in [0.717, 1.165) is 25.2 Å². The standard InChI is InChI=1S/C17H20BFN2O2/c19-17-16(18(22)23)10-15(11-20-17)14-6-4-13(5-7-14)12-21-8-2-1-3-9-21/h4-7,10-11,22-23H,1-3,8-9,12H2. The molecule has 1 aliphatic heterocycles. The van der Waals surface area contributed by atoms with Crippen molar-refractivity contribution in [2.24, 2.45) is 0 Å². The van der Waals surface area contributed by atoms with Crippen molar-refractivity contribution in [3.63, 3.8) is 0 Å². The van der Waals surface area contributed by atoms with E-state index in [-0.39, 0.29) is 5.46 Å². The zero-order valence-electron chi connectivity index (χ0n) is 13.0. The molecule has 6 heteroatoms. The molecule has 2 N–H and O–H groups in total. The number of rotatable bonds is 4. The van der Waals surface area contributed by atoms with E-state index in [1.165, 1.54) is 37.1 Å². The van der Waals surface area contributed by atoms with Crippen molar-refractivity contribution in [3.8, 4) is 11.1 Å². The lowest BCUT2D eigenvalue weighted by molar-refractivity contribution is 0.221. The molecule has 2 heterocycles. The van der Waals surface area contributed by atoms with Gasteiger partial charge in [0.1, 0.15) is 0 Å². The third kappa shape index (κ3) is 3.96. The van der Waals surface area contributed by atoms with Crippen molar-refractivity contribution in [1.82, 2.24) is 9.88 Å². The fourth-order valence-electron chi connectivity index (χ4n) is 2.98. The van der Waals surface area contributed by atoms with Crippen LogP contribution in [0.25, 0.3) is 11.1 Å². The van der Waals surface area contributed by atoms with E-state index in [1.54, 1.807) is 0 Å². The molecular formula is C17H20BFN2O2. The smallest absolute Gasteiger partial charge is 0.423 e. The zero-order valence-corrected chi connectivity index (χ0v) is 13.0. The van der Waals surface area contributed by atoms with Gasteiger partial charge in [-0.3, -0.25) is 4.90 Å². The lowest BCUT2D eigenvalue weighted by atomic mass is 9.80. The molecule has 0 radical (unpaired) electrons. The van der Waals surface area contributed by atoms with Gasteiger partial charge >= 0.3 is 7.12 Å². The zero-order chi connectivity index (χ0) is 16.2. The number of piperidine rings is 1. The van der Waals surface area contributed by atoms with Crippen LogP contribution in [0, 0.1) is 5.95 Å². The van der Waals surface area contributed by atoms with E-state index in [4.69, 9.17) is 0 Å². The highest BCUT2D eigenvalue weighted by Crippen LogP contribution is 2.20. The van der Waals surface area contributed by atoms with Gasteiger partial charge in [0, 0.05) is 18.2 Å². The Morgan fingerprint density at radius 1 is 1.04 bits per heavy atom. The van der Waals surface area contributed by atoms with Crippen LogP contribution in [0.4, 0.5) is 4.39 Å². The van der Waals surface area contributed by atoms with Crippen LogP contribution in [-0.4, -0.2) is 40.1 Å². The van der Waals surface area contributed by atoms with Crippen LogP contribution >= 0.6 is 0 Å². The number of likely N-dealkylation sites (tertiary alicyclic amines) is 1. The van der Waals surface area contributed by atoms with E-state index in [9.17, 15) is 14.4 Å². The summed E-state index contributed by atoms with van der Waals surface area (Å²) >= 11 is 0. The Morgan fingerprint density at radius 2 is 1.74 bits per heavy atom. The number of aromatic nitrogens is 1. The number of halogens is 1. The molecule has 1 aromatic carbocycles. The van der Waals surface area contributed by atoms with Crippen molar-refractivity contribution < 1.29 is 14.4 Å². The van der Waals surface area contributed by atoms with Gasteiger partial charge in [0.2, 0.25) is 5.95 Å². The van der Waals surface area contributed by atoms with Gasteiger partial charge in [-0.15, -0.1) is 0 Å². The number of hydrogen-bond donors (Lipinski definition) is 2. The highest BCUT2D eigenvalue weighted by Gasteiger charge is 2.18. The van der Waals surface area contributed by atoms with E-state index in [2.05, 4.69) is 22.0 Å². The molecule has 1 aliphatic rings. The van der Waals surface area contributed by atoms with Crippen molar-refractivity contribution in [2.75, 3.05) is 13.1 Å². The minimum atomic E-state index is -1.86. The van der Waals surface area contributed by atoms with Crippen molar-refractivity contribution in [1.29, 1.82) is 0 Å². The summed E-state index contributed by atoms with van der Waals surface area (Å²) < 4.78 is 13.4. The lowest BCUT2D eigenvalue weighted by Crippen LogP contribution is -2.33. The van der Waals surface area contributed by atoms with Gasteiger partial charge in [0.15, 0.2) is 0 Å². The Balaban J connectivity index is 1.75. The van der Waals surface area contributed by atoms with Crippen molar-refractivity contribution in [2.45, 2.75) is 25.8 Å². The van der Waals surface area contributed by atoms with Crippen LogP contribution in [-0.2, 0) is 6.54 Å². The van der Waals surface area contributed by atoms with Gasteiger partial charge in [0.25, 0.3) is 0 Å². The quantitative estimate of drug-likeness (QED) is 0.664. The SMILES string of the molecule is OB(O)c1cc(-c2ccc(CN3CCCCC3)cc2)cnc1F. The first kappa shape index (κ1) is 16.1. The summed E-state index contributed by atoms with van der Waals surface area (Å²) in [6.07, 6.45) is 5.27. The van der Waals surface area contributed by atoms with Gasteiger partial charge in [0.05, 0.1) is 0 Å². The minimum Gasteiger partial charge on any atom is -0.423 e. The Labute approximate surface area is 135 Å². The Bertz CT molecular complexity index is 658. The third-order valence-electron chi connectivity index (χ3n) is 4.29. The fourth-order valence-corrected chi connectivity index (χ4v) is 2.98. The first-order chi connectivity index (χ1) is 11.1. The molecule has 0 atom stereocenters. The fraction of sp³-hybridized carbons (Fsp3) is 0.353. The maximum Gasteiger partial charge on any atom is 0.493 e. The number of nitrogens with zero attached hydrogens (tertiary/aromatic N) is 2. The van der Waals surface area contributed by atoms with Gasteiger partial charge in [-0.05, 0) is 48.7 Å². The molecular weight excluding hydrogens is 294 g/mol. The molecule has 0 unspecified atom stereocenters. The largest absolute Gasteiger partial charge is 0.493 e. The van der Waals surface area contributed by atoms with E-state index < -0.39 is 13.1 Å². The summed E-state index contributed by atoms with van der Waals surface area (Å²) in [5, 5.41) is 18.3. The van der Waals surface area contributed by atoms with Crippen LogP contribution in [0.15, 0.2) is 36.5 Å². The van der Waals surface area contributed by atoms with Gasteiger partial charge in [-0.1, -0.05) is 30.7 Å². The average Bonchev–Trinajstić information content (AvgIpc) is 2.57. The second-order valence-corrected chi connectivity index (χ2v) is 6.01. The lowest BCUT2D eigenvalue weighted by Gasteiger charge is -2.26. The van der Waals surface area contributed by atoms with Crippen LogP contribution in [0.5, 0.6) is 0 Å².